The Balaban J connectivity index is 2.12. The smallest absolute Gasteiger partial charge is 0.146 e. The Kier molecular flexibility index (Phi) is 4.77. The second-order valence-electron chi connectivity index (χ2n) is 4.52. The summed E-state index contributed by atoms with van der Waals surface area (Å²) in [5.74, 6) is 0. The van der Waals surface area contributed by atoms with Crippen LogP contribution in [0.25, 0.3) is 0 Å². The molecule has 1 heterocycles. The third-order valence-electron chi connectivity index (χ3n) is 2.70. The molecular weight excluding hydrogens is 192 g/mol. The van der Waals surface area contributed by atoms with E-state index in [1.165, 1.54) is 5.57 Å². The Morgan fingerprint density at radius 2 is 2.20 bits per heavy atom. The first kappa shape index (κ1) is 12.7. The number of hydrogen-bond acceptors (Lipinski definition) is 3. The molecule has 0 aromatic rings. The van der Waals surface area contributed by atoms with E-state index in [9.17, 15) is 0 Å². The van der Waals surface area contributed by atoms with Gasteiger partial charge in [-0.25, -0.2) is 0 Å². The Morgan fingerprint density at radius 1 is 1.47 bits per heavy atom. The maximum Gasteiger partial charge on any atom is 0.146 e. The molecule has 0 radical (unpaired) electrons. The summed E-state index contributed by atoms with van der Waals surface area (Å²) in [7, 11) is 1.63. The van der Waals surface area contributed by atoms with Crippen LogP contribution in [0, 0.1) is 0 Å². The molecule has 15 heavy (non-hydrogen) atoms. The second kappa shape index (κ2) is 5.64. The van der Waals surface area contributed by atoms with E-state index in [0.29, 0.717) is 13.4 Å². The van der Waals surface area contributed by atoms with Gasteiger partial charge in [0, 0.05) is 7.11 Å². The van der Waals surface area contributed by atoms with Crippen molar-refractivity contribution in [3.8, 4) is 0 Å². The molecule has 88 valence electrons. The van der Waals surface area contributed by atoms with Crippen LogP contribution in [0.3, 0.4) is 0 Å². The van der Waals surface area contributed by atoms with Crippen molar-refractivity contribution in [2.75, 3.05) is 20.5 Å². The predicted molar refractivity (Wildman–Crippen MR) is 59.8 cm³/mol. The zero-order valence-corrected chi connectivity index (χ0v) is 10.2. The Morgan fingerprint density at radius 3 is 2.80 bits per heavy atom. The average Bonchev–Trinajstić information content (AvgIpc) is 2.77. The lowest BCUT2D eigenvalue weighted by atomic mass is 10.0. The molecule has 0 N–H and O–H groups in total. The van der Waals surface area contributed by atoms with Gasteiger partial charge in [0.25, 0.3) is 0 Å². The summed E-state index contributed by atoms with van der Waals surface area (Å²) >= 11 is 0. The summed E-state index contributed by atoms with van der Waals surface area (Å²) in [6, 6.07) is 0. The lowest BCUT2D eigenvalue weighted by Gasteiger charge is -2.04. The van der Waals surface area contributed by atoms with Crippen LogP contribution in [0.5, 0.6) is 0 Å². The fourth-order valence-electron chi connectivity index (χ4n) is 1.61. The van der Waals surface area contributed by atoms with Gasteiger partial charge in [0.1, 0.15) is 12.9 Å². The summed E-state index contributed by atoms with van der Waals surface area (Å²) < 4.78 is 15.7. The molecule has 2 atom stereocenters. The monoisotopic (exact) mass is 214 g/mol. The Hall–Kier alpha value is -0.380. The largest absolute Gasteiger partial charge is 0.364 e. The number of epoxide rings is 1. The maximum atomic E-state index is 5.62. The molecule has 1 rings (SSSR count). The van der Waals surface area contributed by atoms with Crippen LogP contribution in [0.2, 0.25) is 0 Å². The van der Waals surface area contributed by atoms with E-state index in [1.54, 1.807) is 7.11 Å². The first-order valence-corrected chi connectivity index (χ1v) is 5.46. The molecule has 1 aliphatic rings. The van der Waals surface area contributed by atoms with E-state index >= 15 is 0 Å². The van der Waals surface area contributed by atoms with Crippen LogP contribution in [-0.4, -0.2) is 32.2 Å². The number of hydrogen-bond donors (Lipinski definition) is 0. The van der Waals surface area contributed by atoms with Gasteiger partial charge in [0.15, 0.2) is 0 Å². The van der Waals surface area contributed by atoms with Crippen LogP contribution in [-0.2, 0) is 14.2 Å². The van der Waals surface area contributed by atoms with Crippen molar-refractivity contribution in [2.45, 2.75) is 45.3 Å². The highest BCUT2D eigenvalue weighted by molar-refractivity contribution is 5.02. The van der Waals surface area contributed by atoms with Crippen LogP contribution >= 0.6 is 0 Å². The van der Waals surface area contributed by atoms with Gasteiger partial charge in [-0.3, -0.25) is 0 Å². The first-order valence-electron chi connectivity index (χ1n) is 5.46. The van der Waals surface area contributed by atoms with Crippen molar-refractivity contribution >= 4 is 0 Å². The minimum atomic E-state index is 0.0275. The van der Waals surface area contributed by atoms with Crippen LogP contribution in [0.4, 0.5) is 0 Å². The first-order chi connectivity index (χ1) is 7.08. The average molecular weight is 214 g/mol. The van der Waals surface area contributed by atoms with Crippen molar-refractivity contribution in [3.05, 3.63) is 11.6 Å². The fraction of sp³-hybridized carbons (Fsp3) is 0.833. The van der Waals surface area contributed by atoms with Gasteiger partial charge in [0.2, 0.25) is 0 Å². The molecule has 1 aliphatic heterocycles. The number of ether oxygens (including phenoxy) is 3. The number of methoxy groups -OCH3 is 1. The SMILES string of the molecule is COCOC[C@@H]1O[C@]1(C)CCC=C(C)C. The molecule has 1 saturated heterocycles. The Labute approximate surface area is 92.4 Å². The molecule has 0 bridgehead atoms. The van der Waals surface area contributed by atoms with Gasteiger partial charge < -0.3 is 14.2 Å². The van der Waals surface area contributed by atoms with Gasteiger partial charge in [-0.2, -0.15) is 0 Å². The Bertz CT molecular complexity index is 221. The standard InChI is InChI=1S/C12H22O3/c1-10(2)6-5-7-12(3)11(15-12)8-14-9-13-4/h6,11H,5,7-9H2,1-4H3/t11-,12+/m0/s1. The highest BCUT2D eigenvalue weighted by atomic mass is 16.7. The van der Waals surface area contributed by atoms with Crippen molar-refractivity contribution in [1.82, 2.24) is 0 Å². The number of allylic oxidation sites excluding steroid dienone is 2. The molecular formula is C12H22O3. The van der Waals surface area contributed by atoms with Crippen molar-refractivity contribution in [3.63, 3.8) is 0 Å². The van der Waals surface area contributed by atoms with Crippen LogP contribution in [0.1, 0.15) is 33.6 Å². The zero-order chi connectivity index (χ0) is 11.3. The van der Waals surface area contributed by atoms with E-state index in [1.807, 2.05) is 0 Å². The van der Waals surface area contributed by atoms with Gasteiger partial charge in [0.05, 0.1) is 12.2 Å². The quantitative estimate of drug-likeness (QED) is 0.282. The summed E-state index contributed by atoms with van der Waals surface area (Å²) in [6.07, 6.45) is 4.65. The summed E-state index contributed by atoms with van der Waals surface area (Å²) in [4.78, 5) is 0. The third-order valence-corrected chi connectivity index (χ3v) is 2.70. The lowest BCUT2D eigenvalue weighted by Crippen LogP contribution is -2.14. The highest BCUT2D eigenvalue weighted by Crippen LogP contribution is 2.40. The van der Waals surface area contributed by atoms with E-state index in [0.717, 1.165) is 12.8 Å². The second-order valence-corrected chi connectivity index (χ2v) is 4.52. The van der Waals surface area contributed by atoms with Crippen LogP contribution < -0.4 is 0 Å². The normalized spacial score (nSPS) is 28.9. The molecule has 0 unspecified atom stereocenters. The van der Waals surface area contributed by atoms with Gasteiger partial charge >= 0.3 is 0 Å². The molecule has 0 aromatic carbocycles. The van der Waals surface area contributed by atoms with E-state index in [2.05, 4.69) is 26.8 Å². The summed E-state index contributed by atoms with van der Waals surface area (Å²) in [6.45, 7) is 7.38. The van der Waals surface area contributed by atoms with E-state index in [4.69, 9.17) is 14.2 Å². The van der Waals surface area contributed by atoms with Crippen molar-refractivity contribution < 1.29 is 14.2 Å². The van der Waals surface area contributed by atoms with Crippen LogP contribution in [0.15, 0.2) is 11.6 Å². The lowest BCUT2D eigenvalue weighted by molar-refractivity contribution is -0.0352. The number of rotatable bonds is 7. The molecule has 0 aliphatic carbocycles. The topological polar surface area (TPSA) is 31.0 Å². The van der Waals surface area contributed by atoms with Gasteiger partial charge in [-0.15, -0.1) is 0 Å². The molecule has 0 aromatic heterocycles. The molecule has 0 spiro atoms. The van der Waals surface area contributed by atoms with E-state index in [-0.39, 0.29) is 11.7 Å². The molecule has 0 amide bonds. The van der Waals surface area contributed by atoms with Crippen molar-refractivity contribution in [2.24, 2.45) is 0 Å². The van der Waals surface area contributed by atoms with Gasteiger partial charge in [-0.1, -0.05) is 11.6 Å². The molecule has 0 saturated carbocycles. The van der Waals surface area contributed by atoms with Crippen molar-refractivity contribution in [1.29, 1.82) is 0 Å². The summed E-state index contributed by atoms with van der Waals surface area (Å²) in [5, 5.41) is 0. The molecule has 1 fully saturated rings. The zero-order valence-electron chi connectivity index (χ0n) is 10.2. The van der Waals surface area contributed by atoms with Gasteiger partial charge in [-0.05, 0) is 33.6 Å². The minimum Gasteiger partial charge on any atom is -0.364 e. The molecule has 3 heteroatoms. The molecule has 3 nitrogen and oxygen atoms in total. The minimum absolute atomic E-state index is 0.0275. The third kappa shape index (κ3) is 4.33. The predicted octanol–water partition coefficient (Wildman–Crippen LogP) is 2.51. The summed E-state index contributed by atoms with van der Waals surface area (Å²) in [5.41, 5.74) is 1.39. The van der Waals surface area contributed by atoms with E-state index < -0.39 is 0 Å². The highest BCUT2D eigenvalue weighted by Gasteiger charge is 2.51. The maximum absolute atomic E-state index is 5.62. The fourth-order valence-corrected chi connectivity index (χ4v) is 1.61.